The summed E-state index contributed by atoms with van der Waals surface area (Å²) in [7, 11) is 1.50. The van der Waals surface area contributed by atoms with E-state index in [2.05, 4.69) is 74.7 Å². The predicted octanol–water partition coefficient (Wildman–Crippen LogP) is 2.70. The summed E-state index contributed by atoms with van der Waals surface area (Å²) in [6, 6.07) is 24.7. The van der Waals surface area contributed by atoms with Crippen LogP contribution in [0.2, 0.25) is 13.1 Å². The van der Waals surface area contributed by atoms with E-state index >= 15 is 0 Å². The summed E-state index contributed by atoms with van der Waals surface area (Å²) < 4.78 is 0. The summed E-state index contributed by atoms with van der Waals surface area (Å²) in [6.45, 7) is 4.54. The number of fused-ring (bicyclic) bond motifs is 1. The maximum absolute atomic E-state index is 8.25. The number of benzene rings is 1. The standard InChI is InChI=1S/C9H7.C5H5.C2H6Si.2CH3O.Ti/c1-2-5-9-7-3-6-8(9)4-1;1-2-4-5-3-1;1-3-2;2*1-2;/h1-7H;1-5H;1-2H3;2*1H3;/q2*-1;;2*-1;+2. The van der Waals surface area contributed by atoms with Gasteiger partial charge >= 0.3 is 38.5 Å². The molecular weight excluding hydrogens is 324 g/mol. The van der Waals surface area contributed by atoms with Crippen LogP contribution in [0.25, 0.3) is 10.8 Å². The van der Waals surface area contributed by atoms with Gasteiger partial charge in [-0.15, -0.1) is 29.7 Å². The van der Waals surface area contributed by atoms with E-state index in [0.29, 0.717) is 0 Å². The SMILES string of the molecule is C[O-].C[O-].C[Si](C)=[Ti+2].c1cc[cH-]c1.c1ccc2[cH-]ccc2c1. The fourth-order valence-electron chi connectivity index (χ4n) is 1.39. The van der Waals surface area contributed by atoms with E-state index in [4.69, 9.17) is 10.2 Å². The number of rotatable bonds is 0. The van der Waals surface area contributed by atoms with Crippen LogP contribution in [0.15, 0.2) is 72.8 Å². The van der Waals surface area contributed by atoms with Crippen molar-refractivity contribution < 1.29 is 29.4 Å². The van der Waals surface area contributed by atoms with Gasteiger partial charge in [-0.1, -0.05) is 6.07 Å². The molecule has 0 atom stereocenters. The van der Waals surface area contributed by atoms with Gasteiger partial charge in [0.2, 0.25) is 0 Å². The Morgan fingerprint density at radius 1 is 0.818 bits per heavy atom. The molecule has 0 aliphatic carbocycles. The van der Waals surface area contributed by atoms with Gasteiger partial charge in [-0.25, -0.2) is 12.1 Å². The molecule has 22 heavy (non-hydrogen) atoms. The molecule has 0 amide bonds. The molecule has 118 valence electrons. The monoisotopic (exact) mass is 348 g/mol. The van der Waals surface area contributed by atoms with Crippen molar-refractivity contribution in [2.24, 2.45) is 0 Å². The molecule has 0 aliphatic rings. The first-order chi connectivity index (χ1) is 10.7. The van der Waals surface area contributed by atoms with Crippen LogP contribution >= 0.6 is 0 Å². The molecule has 0 aliphatic heterocycles. The van der Waals surface area contributed by atoms with E-state index in [1.165, 1.54) is 10.8 Å². The van der Waals surface area contributed by atoms with Crippen LogP contribution in [0.3, 0.4) is 0 Å². The summed E-state index contributed by atoms with van der Waals surface area (Å²) in [5.74, 6) is 0. The number of hydrogen-bond donors (Lipinski definition) is 0. The maximum Gasteiger partial charge on any atom is -0.0809 e. The Bertz CT molecular complexity index is 508. The fraction of sp³-hybridized carbons (Fsp3) is 0.222. The molecule has 0 bridgehead atoms. The Kier molecular flexibility index (Phi) is 19.1. The molecule has 0 heterocycles. The van der Waals surface area contributed by atoms with Gasteiger partial charge in [-0.2, -0.15) is 49.9 Å². The Morgan fingerprint density at radius 3 is 1.73 bits per heavy atom. The number of hydrogen-bond acceptors (Lipinski definition) is 2. The van der Waals surface area contributed by atoms with Crippen LogP contribution in [-0.4, -0.2) is 20.4 Å². The predicted molar refractivity (Wildman–Crippen MR) is 90.9 cm³/mol. The van der Waals surface area contributed by atoms with Gasteiger partial charge in [0.15, 0.2) is 0 Å². The summed E-state index contributed by atoms with van der Waals surface area (Å²) in [4.78, 5) is 0. The van der Waals surface area contributed by atoms with Crippen LogP contribution in [0.5, 0.6) is 0 Å². The molecule has 3 rings (SSSR count). The van der Waals surface area contributed by atoms with Crippen LogP contribution in [0.4, 0.5) is 0 Å². The zero-order valence-electron chi connectivity index (χ0n) is 13.7. The Morgan fingerprint density at radius 2 is 1.32 bits per heavy atom. The van der Waals surface area contributed by atoms with Gasteiger partial charge < -0.3 is 10.2 Å². The third-order valence-corrected chi connectivity index (χ3v) is 2.10. The van der Waals surface area contributed by atoms with Crippen molar-refractivity contribution in [1.82, 2.24) is 0 Å². The van der Waals surface area contributed by atoms with Gasteiger partial charge in [0.25, 0.3) is 0 Å². The van der Waals surface area contributed by atoms with Crippen molar-refractivity contribution in [3.05, 3.63) is 72.8 Å². The van der Waals surface area contributed by atoms with Crippen LogP contribution in [0.1, 0.15) is 0 Å². The van der Waals surface area contributed by atoms with Gasteiger partial charge in [-0.3, -0.25) is 0 Å². The van der Waals surface area contributed by atoms with Crippen LogP contribution in [0, 0.1) is 0 Å². The molecule has 0 radical (unpaired) electrons. The molecule has 0 fully saturated rings. The first-order valence-corrected chi connectivity index (χ1v) is 11.6. The van der Waals surface area contributed by atoms with Crippen molar-refractivity contribution >= 4 is 17.0 Å². The average Bonchev–Trinajstić information content (AvgIpc) is 3.25. The molecule has 3 aromatic rings. The van der Waals surface area contributed by atoms with Gasteiger partial charge in [-0.05, 0) is 0 Å². The molecule has 3 aromatic carbocycles. The topological polar surface area (TPSA) is 46.1 Å². The third-order valence-electron chi connectivity index (χ3n) is 2.10. The smallest absolute Gasteiger partial charge is 0.0809 e. The minimum absolute atomic E-state index is 0.120. The van der Waals surface area contributed by atoms with E-state index in [1.54, 1.807) is 0 Å². The second kappa shape index (κ2) is 18.1. The molecule has 0 unspecified atom stereocenters. The molecule has 2 nitrogen and oxygen atoms in total. The Balaban J connectivity index is 0. The second-order valence-corrected chi connectivity index (χ2v) is 10.8. The average molecular weight is 348 g/mol. The van der Waals surface area contributed by atoms with E-state index < -0.39 is 0 Å². The van der Waals surface area contributed by atoms with Crippen LogP contribution < -0.4 is 10.2 Å². The molecule has 0 aromatic heterocycles. The summed E-state index contributed by atoms with van der Waals surface area (Å²) >= 11 is 2.27. The first kappa shape index (κ1) is 23.3. The van der Waals surface area contributed by atoms with E-state index in [-0.39, 0.29) is 6.19 Å². The minimum Gasteiger partial charge on any atom is -0.214 e. The third kappa shape index (κ3) is 14.0. The molecule has 0 saturated heterocycles. The van der Waals surface area contributed by atoms with Crippen molar-refractivity contribution in [3.63, 3.8) is 0 Å². The minimum atomic E-state index is 0.120. The summed E-state index contributed by atoms with van der Waals surface area (Å²) in [5.41, 5.74) is 0. The van der Waals surface area contributed by atoms with Gasteiger partial charge in [0.1, 0.15) is 0 Å². The molecule has 0 saturated carbocycles. The van der Waals surface area contributed by atoms with Crippen LogP contribution in [-0.2, 0) is 19.2 Å². The normalized spacial score (nSPS) is 7.82. The largest absolute Gasteiger partial charge is 0.214 e. The molecule has 0 N–H and O–H groups in total. The first-order valence-electron chi connectivity index (χ1n) is 6.80. The quantitative estimate of drug-likeness (QED) is 0.463. The second-order valence-electron chi connectivity index (χ2n) is 4.12. The molecule has 4 heteroatoms. The van der Waals surface area contributed by atoms with E-state index in [1.807, 2.05) is 30.3 Å². The van der Waals surface area contributed by atoms with Gasteiger partial charge in [0.05, 0.1) is 0 Å². The van der Waals surface area contributed by atoms with Crippen molar-refractivity contribution in [2.45, 2.75) is 13.1 Å². The molecular formula is C18H24O2SiTi-2. The van der Waals surface area contributed by atoms with E-state index in [9.17, 15) is 0 Å². The van der Waals surface area contributed by atoms with Crippen molar-refractivity contribution in [3.8, 4) is 0 Å². The summed E-state index contributed by atoms with van der Waals surface area (Å²) in [5, 5.41) is 19.2. The zero-order chi connectivity index (χ0) is 17.2. The van der Waals surface area contributed by atoms with E-state index in [0.717, 1.165) is 14.2 Å². The Hall–Kier alpha value is -0.969. The van der Waals surface area contributed by atoms with Crippen molar-refractivity contribution in [1.29, 1.82) is 0 Å². The van der Waals surface area contributed by atoms with Crippen molar-refractivity contribution in [2.75, 3.05) is 14.2 Å². The zero-order valence-corrected chi connectivity index (χ0v) is 16.3. The fourth-order valence-corrected chi connectivity index (χ4v) is 1.39. The molecule has 0 spiro atoms. The summed E-state index contributed by atoms with van der Waals surface area (Å²) in [6.07, 6.45) is 0.120. The van der Waals surface area contributed by atoms with Gasteiger partial charge in [0, 0.05) is 0 Å². The maximum atomic E-state index is 8.25. The Labute approximate surface area is 146 Å².